The van der Waals surface area contributed by atoms with Crippen LogP contribution < -0.4 is 14.8 Å². The summed E-state index contributed by atoms with van der Waals surface area (Å²) in [6.07, 6.45) is 6.41. The molecule has 0 saturated heterocycles. The van der Waals surface area contributed by atoms with Gasteiger partial charge in [-0.2, -0.15) is 8.78 Å². The first-order valence-corrected chi connectivity index (χ1v) is 10.9. The number of imidazole rings is 1. The number of anilines is 1. The number of carbonyl (C=O) groups is 1. The number of methoxy groups -OCH3 is 1. The van der Waals surface area contributed by atoms with Crippen LogP contribution in [0.5, 0.6) is 11.5 Å². The average molecular weight is 483 g/mol. The van der Waals surface area contributed by atoms with Gasteiger partial charge in [0.1, 0.15) is 0 Å². The minimum Gasteiger partial charge on any atom is -0.493 e. The lowest BCUT2D eigenvalue weighted by atomic mass is 10.1. The molecule has 0 unspecified atom stereocenters. The Labute approximate surface area is 198 Å². The zero-order valence-electron chi connectivity index (χ0n) is 18.2. The van der Waals surface area contributed by atoms with Gasteiger partial charge in [0, 0.05) is 31.1 Å². The molecule has 1 amide bonds. The van der Waals surface area contributed by atoms with E-state index in [0.29, 0.717) is 10.7 Å². The summed E-state index contributed by atoms with van der Waals surface area (Å²) in [5.41, 5.74) is 2.20. The number of nitrogens with zero attached hydrogens (tertiary/aromatic N) is 3. The molecule has 0 spiro atoms. The number of benzene rings is 2. The molecule has 2 aromatic carbocycles. The molecule has 4 aromatic rings. The van der Waals surface area contributed by atoms with Crippen molar-refractivity contribution in [2.24, 2.45) is 7.05 Å². The number of hydrogen-bond donors (Lipinski definition) is 1. The van der Waals surface area contributed by atoms with Gasteiger partial charge in [0.2, 0.25) is 5.91 Å². The number of aromatic nitrogens is 3. The summed E-state index contributed by atoms with van der Waals surface area (Å²) in [5.74, 6) is 0.393. The van der Waals surface area contributed by atoms with Crippen LogP contribution in [0.15, 0.2) is 67.0 Å². The summed E-state index contributed by atoms with van der Waals surface area (Å²) >= 11 is 1.32. The first-order chi connectivity index (χ1) is 16.4. The Bertz CT molecular complexity index is 1320. The third-order valence-electron chi connectivity index (χ3n) is 4.76. The highest BCUT2D eigenvalue weighted by atomic mass is 32.1. The molecule has 4 rings (SSSR count). The molecule has 0 aliphatic rings. The Kier molecular flexibility index (Phi) is 6.98. The van der Waals surface area contributed by atoms with Crippen LogP contribution in [0.25, 0.3) is 28.0 Å². The van der Waals surface area contributed by atoms with E-state index in [4.69, 9.17) is 4.74 Å². The number of ether oxygens (including phenoxy) is 2. The summed E-state index contributed by atoms with van der Waals surface area (Å²) in [5, 5.41) is 3.20. The molecule has 7 nitrogen and oxygen atoms in total. The number of amides is 1. The molecule has 0 radical (unpaired) electrons. The smallest absolute Gasteiger partial charge is 0.387 e. The molecule has 0 bridgehead atoms. The van der Waals surface area contributed by atoms with E-state index in [1.165, 1.54) is 42.7 Å². The fourth-order valence-electron chi connectivity index (χ4n) is 3.20. The Morgan fingerprint density at radius 2 is 1.97 bits per heavy atom. The summed E-state index contributed by atoms with van der Waals surface area (Å²) in [4.78, 5) is 22.4. The molecule has 10 heteroatoms. The molecule has 0 saturated carbocycles. The number of carbonyl (C=O) groups excluding carboxylic acids is 1. The maximum absolute atomic E-state index is 12.6. The number of nitrogens with one attached hydrogen (secondary N) is 1. The second-order valence-corrected chi connectivity index (χ2v) is 8.03. The van der Waals surface area contributed by atoms with Gasteiger partial charge in [-0.1, -0.05) is 47.7 Å². The Hall–Kier alpha value is -4.05. The average Bonchev–Trinajstić information content (AvgIpc) is 3.44. The highest BCUT2D eigenvalue weighted by Crippen LogP contribution is 2.38. The zero-order chi connectivity index (χ0) is 24.1. The Morgan fingerprint density at radius 1 is 1.18 bits per heavy atom. The van der Waals surface area contributed by atoms with Crippen molar-refractivity contribution >= 4 is 28.5 Å². The van der Waals surface area contributed by atoms with Gasteiger partial charge in [0.25, 0.3) is 0 Å². The van der Waals surface area contributed by atoms with Crippen molar-refractivity contribution in [3.8, 4) is 33.5 Å². The van der Waals surface area contributed by atoms with E-state index in [1.807, 2.05) is 48.1 Å². The molecule has 1 N–H and O–H groups in total. The largest absolute Gasteiger partial charge is 0.493 e. The Morgan fingerprint density at radius 3 is 2.65 bits per heavy atom. The van der Waals surface area contributed by atoms with E-state index in [1.54, 1.807) is 12.3 Å². The minimum absolute atomic E-state index is 0.0860. The van der Waals surface area contributed by atoms with Crippen molar-refractivity contribution in [2.45, 2.75) is 6.61 Å². The van der Waals surface area contributed by atoms with Gasteiger partial charge in [-0.05, 0) is 23.8 Å². The van der Waals surface area contributed by atoms with Crippen LogP contribution in [-0.4, -0.2) is 34.2 Å². The first kappa shape index (κ1) is 23.1. The van der Waals surface area contributed by atoms with E-state index < -0.39 is 12.5 Å². The highest BCUT2D eigenvalue weighted by Gasteiger charge is 2.18. The van der Waals surface area contributed by atoms with Gasteiger partial charge in [0.15, 0.2) is 22.5 Å². The van der Waals surface area contributed by atoms with Gasteiger partial charge in [0.05, 0.1) is 17.7 Å². The highest BCUT2D eigenvalue weighted by molar-refractivity contribution is 7.19. The first-order valence-electron chi connectivity index (χ1n) is 10.1. The molecule has 0 aliphatic heterocycles. The zero-order valence-corrected chi connectivity index (χ0v) is 19.1. The third-order valence-corrected chi connectivity index (χ3v) is 5.73. The van der Waals surface area contributed by atoms with Crippen LogP contribution in [0.1, 0.15) is 5.56 Å². The van der Waals surface area contributed by atoms with E-state index >= 15 is 0 Å². The lowest BCUT2D eigenvalue weighted by molar-refractivity contribution is -0.111. The van der Waals surface area contributed by atoms with Gasteiger partial charge in [-0.3, -0.25) is 10.1 Å². The summed E-state index contributed by atoms with van der Waals surface area (Å²) in [6.45, 7) is -2.96. The van der Waals surface area contributed by atoms with E-state index in [-0.39, 0.29) is 11.5 Å². The fourth-order valence-corrected chi connectivity index (χ4v) is 4.23. The lowest BCUT2D eigenvalue weighted by Crippen LogP contribution is -2.07. The number of halogens is 2. The molecule has 34 heavy (non-hydrogen) atoms. The molecule has 0 atom stereocenters. The molecular formula is C24H20F2N4O3S. The standard InChI is InChI=1S/C24H20F2N4O3S/c1-30-13-12-27-22(30)21-20(16-6-4-3-5-7-16)29-24(34-21)28-19(31)11-9-15-8-10-17(33-23(25)26)18(14-15)32-2/h3-14,23H,1-2H3,(H,28,29,31)/b11-9+. The number of hydrogen-bond acceptors (Lipinski definition) is 6. The number of alkyl halides is 2. The van der Waals surface area contributed by atoms with Gasteiger partial charge in [-0.15, -0.1) is 0 Å². The summed E-state index contributed by atoms with van der Waals surface area (Å²) in [6, 6.07) is 14.1. The monoisotopic (exact) mass is 482 g/mol. The number of thiazole rings is 1. The summed E-state index contributed by atoms with van der Waals surface area (Å²) < 4.78 is 36.4. The van der Waals surface area contributed by atoms with Crippen LogP contribution in [0.3, 0.4) is 0 Å². The topological polar surface area (TPSA) is 78.3 Å². The second kappa shape index (κ2) is 10.3. The maximum Gasteiger partial charge on any atom is 0.387 e. The molecule has 2 heterocycles. The maximum atomic E-state index is 12.6. The van der Waals surface area contributed by atoms with Crippen molar-refractivity contribution < 1.29 is 23.0 Å². The second-order valence-electron chi connectivity index (χ2n) is 7.04. The third kappa shape index (κ3) is 5.29. The quantitative estimate of drug-likeness (QED) is 0.337. The van der Waals surface area contributed by atoms with Crippen molar-refractivity contribution in [3.63, 3.8) is 0 Å². The van der Waals surface area contributed by atoms with Crippen LogP contribution in [-0.2, 0) is 11.8 Å². The number of aryl methyl sites for hydroxylation is 1. The molecular weight excluding hydrogens is 462 g/mol. The van der Waals surface area contributed by atoms with Crippen LogP contribution in [0, 0.1) is 0 Å². The number of rotatable bonds is 8. The Balaban J connectivity index is 1.55. The molecule has 2 aromatic heterocycles. The van der Waals surface area contributed by atoms with E-state index in [0.717, 1.165) is 22.0 Å². The van der Waals surface area contributed by atoms with Gasteiger partial charge >= 0.3 is 6.61 Å². The molecule has 0 fully saturated rings. The van der Waals surface area contributed by atoms with Crippen LogP contribution >= 0.6 is 11.3 Å². The van der Waals surface area contributed by atoms with E-state index in [9.17, 15) is 13.6 Å². The SMILES string of the molecule is COc1cc(/C=C/C(=O)Nc2nc(-c3ccccc3)c(-c3nccn3C)s2)ccc1OC(F)F. The lowest BCUT2D eigenvalue weighted by Gasteiger charge is -2.10. The predicted molar refractivity (Wildman–Crippen MR) is 127 cm³/mol. The fraction of sp³-hybridized carbons (Fsp3) is 0.125. The van der Waals surface area contributed by atoms with Crippen molar-refractivity contribution in [1.82, 2.24) is 14.5 Å². The summed E-state index contributed by atoms with van der Waals surface area (Å²) in [7, 11) is 3.24. The predicted octanol–water partition coefficient (Wildman–Crippen LogP) is 5.47. The van der Waals surface area contributed by atoms with Crippen molar-refractivity contribution in [3.05, 3.63) is 72.6 Å². The molecule has 174 valence electrons. The van der Waals surface area contributed by atoms with Crippen LogP contribution in [0.2, 0.25) is 0 Å². The minimum atomic E-state index is -2.96. The molecule has 0 aliphatic carbocycles. The van der Waals surface area contributed by atoms with Crippen molar-refractivity contribution in [2.75, 3.05) is 12.4 Å². The van der Waals surface area contributed by atoms with Crippen molar-refractivity contribution in [1.29, 1.82) is 0 Å². The van der Waals surface area contributed by atoms with Crippen LogP contribution in [0.4, 0.5) is 13.9 Å². The van der Waals surface area contributed by atoms with Gasteiger partial charge < -0.3 is 14.0 Å². The van der Waals surface area contributed by atoms with E-state index in [2.05, 4.69) is 20.0 Å². The van der Waals surface area contributed by atoms with Gasteiger partial charge in [-0.25, -0.2) is 9.97 Å². The normalized spacial score (nSPS) is 11.2.